The lowest BCUT2D eigenvalue weighted by Gasteiger charge is -2.61. The van der Waals surface area contributed by atoms with Crippen molar-refractivity contribution in [3.8, 4) is 0 Å². The first-order valence-electron chi connectivity index (χ1n) is 10.4. The number of allylic oxidation sites excluding steroid dienone is 1. The summed E-state index contributed by atoms with van der Waals surface area (Å²) in [6.45, 7) is 5.63. The molecule has 0 saturated heterocycles. The van der Waals surface area contributed by atoms with Gasteiger partial charge in [-0.15, -0.1) is 0 Å². The molecular weight excluding hydrogens is 344 g/mol. The van der Waals surface area contributed by atoms with Crippen LogP contribution in [0.3, 0.4) is 0 Å². The molecule has 8 atom stereocenters. The fourth-order valence-electron chi connectivity index (χ4n) is 7.71. The number of carbonyl (C=O) groups is 2. The standard InChI is InChI=1S/C22H32O5/c1-12-8-14-15-5-7-22(27,18(26)11-23)21(15,3)10-17(25)19(14)20(2)6-4-13(24)9-16(12)20/h9,12,14-15,17,19,23,25,27H,4-8,10-11H2,1-3H3/t12-,14?,15?,17?,19?,20-,21-,22-/m0/s1. The number of aliphatic hydroxyl groups excluding tert-OH is 2. The SMILES string of the molecule is C[C@H]1CC2C(C(O)C[C@@]3(C)C2CC[C@]3(O)C(=O)CO)[C@@]2(C)CCC(=O)C=C12. The average molecular weight is 376 g/mol. The van der Waals surface area contributed by atoms with Crippen LogP contribution in [0.25, 0.3) is 0 Å². The minimum absolute atomic E-state index is 0.0534. The zero-order valence-electron chi connectivity index (χ0n) is 16.6. The minimum atomic E-state index is -1.55. The summed E-state index contributed by atoms with van der Waals surface area (Å²) in [5.74, 6) is 0.341. The quantitative estimate of drug-likeness (QED) is 0.685. The maximum atomic E-state index is 12.4. The van der Waals surface area contributed by atoms with E-state index in [9.17, 15) is 24.9 Å². The Morgan fingerprint density at radius 1 is 1.30 bits per heavy atom. The van der Waals surface area contributed by atoms with Gasteiger partial charge < -0.3 is 15.3 Å². The number of fused-ring (bicyclic) bond motifs is 5. The van der Waals surface area contributed by atoms with Crippen molar-refractivity contribution in [2.45, 2.75) is 71.0 Å². The first-order valence-corrected chi connectivity index (χ1v) is 10.4. The molecule has 0 bridgehead atoms. The van der Waals surface area contributed by atoms with E-state index in [0.717, 1.165) is 19.3 Å². The van der Waals surface area contributed by atoms with E-state index >= 15 is 0 Å². The van der Waals surface area contributed by atoms with Crippen LogP contribution in [-0.4, -0.2) is 45.2 Å². The number of hydrogen-bond acceptors (Lipinski definition) is 5. The van der Waals surface area contributed by atoms with E-state index in [1.165, 1.54) is 5.57 Å². The van der Waals surface area contributed by atoms with Crippen molar-refractivity contribution in [1.29, 1.82) is 0 Å². The van der Waals surface area contributed by atoms with Gasteiger partial charge in [0.25, 0.3) is 0 Å². The van der Waals surface area contributed by atoms with E-state index in [4.69, 9.17) is 0 Å². The lowest BCUT2D eigenvalue weighted by Crippen LogP contribution is -2.62. The molecule has 0 heterocycles. The van der Waals surface area contributed by atoms with Crippen molar-refractivity contribution >= 4 is 11.6 Å². The van der Waals surface area contributed by atoms with Gasteiger partial charge in [0, 0.05) is 11.8 Å². The average Bonchev–Trinajstić information content (AvgIpc) is 2.87. The minimum Gasteiger partial charge on any atom is -0.393 e. The molecule has 4 aliphatic carbocycles. The second-order valence-electron chi connectivity index (χ2n) is 10.1. The summed E-state index contributed by atoms with van der Waals surface area (Å²) in [5, 5.41) is 31.9. The molecule has 3 fully saturated rings. The van der Waals surface area contributed by atoms with Gasteiger partial charge in [-0.25, -0.2) is 0 Å². The Hall–Kier alpha value is -1.04. The highest BCUT2D eigenvalue weighted by Crippen LogP contribution is 2.68. The Morgan fingerprint density at radius 2 is 2.00 bits per heavy atom. The Kier molecular flexibility index (Phi) is 4.27. The van der Waals surface area contributed by atoms with E-state index in [-0.39, 0.29) is 34.9 Å². The number of carbonyl (C=O) groups excluding carboxylic acids is 2. The number of hydrogen-bond donors (Lipinski definition) is 3. The highest BCUT2D eigenvalue weighted by Gasteiger charge is 2.68. The second kappa shape index (κ2) is 5.98. The predicted octanol–water partition coefficient (Wildman–Crippen LogP) is 2.03. The van der Waals surface area contributed by atoms with Crippen LogP contribution in [0.2, 0.25) is 0 Å². The first kappa shape index (κ1) is 19.3. The molecule has 150 valence electrons. The first-order chi connectivity index (χ1) is 12.6. The highest BCUT2D eigenvalue weighted by molar-refractivity contribution is 5.92. The molecule has 5 nitrogen and oxygen atoms in total. The number of Topliss-reactive ketones (excluding diaryl/α,β-unsaturated/α-hetero) is 1. The van der Waals surface area contributed by atoms with Crippen molar-refractivity contribution in [1.82, 2.24) is 0 Å². The van der Waals surface area contributed by atoms with Crippen LogP contribution in [0.1, 0.15) is 59.3 Å². The molecule has 4 rings (SSSR count). The summed E-state index contributed by atoms with van der Waals surface area (Å²) in [4.78, 5) is 24.5. The maximum Gasteiger partial charge on any atom is 0.190 e. The largest absolute Gasteiger partial charge is 0.393 e. The fraction of sp³-hybridized carbons (Fsp3) is 0.818. The van der Waals surface area contributed by atoms with Crippen molar-refractivity contribution < 1.29 is 24.9 Å². The molecule has 0 aromatic rings. The van der Waals surface area contributed by atoms with Crippen LogP contribution in [0.5, 0.6) is 0 Å². The maximum absolute atomic E-state index is 12.4. The summed E-state index contributed by atoms with van der Waals surface area (Å²) < 4.78 is 0. The second-order valence-corrected chi connectivity index (χ2v) is 10.1. The zero-order valence-corrected chi connectivity index (χ0v) is 16.6. The van der Waals surface area contributed by atoms with E-state index in [0.29, 0.717) is 19.3 Å². The van der Waals surface area contributed by atoms with Gasteiger partial charge in [-0.3, -0.25) is 9.59 Å². The Labute approximate surface area is 160 Å². The molecule has 0 aromatic carbocycles. The molecule has 0 radical (unpaired) electrons. The molecule has 0 aliphatic heterocycles. The summed E-state index contributed by atoms with van der Waals surface area (Å²) in [5.41, 5.74) is -1.28. The normalized spacial score (nSPS) is 51.9. The third-order valence-electron chi connectivity index (χ3n) is 8.97. The third kappa shape index (κ3) is 2.34. The lowest BCUT2D eigenvalue weighted by molar-refractivity contribution is -0.184. The van der Waals surface area contributed by atoms with Gasteiger partial charge in [-0.2, -0.15) is 0 Å². The van der Waals surface area contributed by atoms with E-state index < -0.39 is 29.5 Å². The van der Waals surface area contributed by atoms with Gasteiger partial charge in [0.2, 0.25) is 0 Å². The van der Waals surface area contributed by atoms with Gasteiger partial charge >= 0.3 is 0 Å². The van der Waals surface area contributed by atoms with Gasteiger partial charge in [0.15, 0.2) is 11.6 Å². The molecule has 5 heteroatoms. The smallest absolute Gasteiger partial charge is 0.190 e. The summed E-state index contributed by atoms with van der Waals surface area (Å²) in [6, 6.07) is 0. The molecular formula is C22H32O5. The van der Waals surface area contributed by atoms with Crippen molar-refractivity contribution in [3.05, 3.63) is 11.6 Å². The third-order valence-corrected chi connectivity index (χ3v) is 8.97. The van der Waals surface area contributed by atoms with Gasteiger partial charge in [0.1, 0.15) is 12.2 Å². The molecule has 0 aromatic heterocycles. The monoisotopic (exact) mass is 376 g/mol. The zero-order chi connectivity index (χ0) is 19.8. The Balaban J connectivity index is 1.77. The fourth-order valence-corrected chi connectivity index (χ4v) is 7.71. The van der Waals surface area contributed by atoms with Crippen molar-refractivity contribution in [2.24, 2.45) is 34.5 Å². The molecule has 27 heavy (non-hydrogen) atoms. The van der Waals surface area contributed by atoms with Crippen LogP contribution in [-0.2, 0) is 9.59 Å². The van der Waals surface area contributed by atoms with E-state index in [1.54, 1.807) is 0 Å². The Morgan fingerprint density at radius 3 is 2.67 bits per heavy atom. The van der Waals surface area contributed by atoms with Crippen LogP contribution in [0.15, 0.2) is 11.6 Å². The topological polar surface area (TPSA) is 94.8 Å². The molecule has 4 unspecified atom stereocenters. The predicted molar refractivity (Wildman–Crippen MR) is 99.7 cm³/mol. The highest BCUT2D eigenvalue weighted by atomic mass is 16.3. The number of ketones is 2. The lowest BCUT2D eigenvalue weighted by atomic mass is 9.44. The van der Waals surface area contributed by atoms with Crippen molar-refractivity contribution in [3.63, 3.8) is 0 Å². The molecule has 3 N–H and O–H groups in total. The molecule has 0 spiro atoms. The van der Waals surface area contributed by atoms with E-state index in [2.05, 4.69) is 13.8 Å². The number of rotatable bonds is 2. The summed E-state index contributed by atoms with van der Waals surface area (Å²) in [6.07, 6.45) is 4.84. The molecule has 4 aliphatic rings. The van der Waals surface area contributed by atoms with E-state index in [1.807, 2.05) is 13.0 Å². The van der Waals surface area contributed by atoms with Crippen LogP contribution >= 0.6 is 0 Å². The van der Waals surface area contributed by atoms with Crippen LogP contribution in [0, 0.1) is 34.5 Å². The summed E-state index contributed by atoms with van der Waals surface area (Å²) in [7, 11) is 0. The van der Waals surface area contributed by atoms with Crippen molar-refractivity contribution in [2.75, 3.05) is 6.61 Å². The van der Waals surface area contributed by atoms with Crippen LogP contribution < -0.4 is 0 Å². The molecule has 0 amide bonds. The van der Waals surface area contributed by atoms with Gasteiger partial charge in [-0.1, -0.05) is 26.3 Å². The van der Waals surface area contributed by atoms with Crippen LogP contribution in [0.4, 0.5) is 0 Å². The molecule has 3 saturated carbocycles. The number of aliphatic hydroxyl groups is 3. The van der Waals surface area contributed by atoms with Gasteiger partial charge in [0.05, 0.1) is 6.10 Å². The Bertz CT molecular complexity index is 713. The summed E-state index contributed by atoms with van der Waals surface area (Å²) >= 11 is 0. The van der Waals surface area contributed by atoms with Gasteiger partial charge in [-0.05, 0) is 67.3 Å².